The van der Waals surface area contributed by atoms with Gasteiger partial charge in [-0.1, -0.05) is 0 Å². The van der Waals surface area contributed by atoms with Crippen molar-refractivity contribution in [3.05, 3.63) is 29.8 Å². The van der Waals surface area contributed by atoms with Gasteiger partial charge in [0.05, 0.1) is 0 Å². The summed E-state index contributed by atoms with van der Waals surface area (Å²) in [7, 11) is 1.62. The fourth-order valence-corrected chi connectivity index (χ4v) is 5.62. The van der Waals surface area contributed by atoms with Gasteiger partial charge in [-0.15, -0.1) is 0 Å². The van der Waals surface area contributed by atoms with Gasteiger partial charge < -0.3 is 0 Å². The molecule has 0 radical (unpaired) electrons. The molecular weight excluding hydrogens is 439 g/mol. The first-order valence-corrected chi connectivity index (χ1v) is 12.5. The van der Waals surface area contributed by atoms with Gasteiger partial charge in [0.2, 0.25) is 0 Å². The number of ether oxygens (including phenoxy) is 5. The molecule has 7 heteroatoms. The van der Waals surface area contributed by atoms with Crippen LogP contribution in [0.1, 0.15) is 50.9 Å². The molecule has 0 aromatic heterocycles. The molecule has 0 spiro atoms. The molecule has 3 atom stereocenters. The van der Waals surface area contributed by atoms with Crippen LogP contribution in [0.15, 0.2) is 24.3 Å². The van der Waals surface area contributed by atoms with Crippen molar-refractivity contribution in [3.8, 4) is 5.75 Å². The van der Waals surface area contributed by atoms with E-state index in [4.69, 9.17) is 23.7 Å². The van der Waals surface area contributed by atoms with Gasteiger partial charge >= 0.3 is 180 Å². The summed E-state index contributed by atoms with van der Waals surface area (Å²) in [5.41, 5.74) is 0.747. The molecular formula is C22H32O6Se. The summed E-state index contributed by atoms with van der Waals surface area (Å²) < 4.78 is 29.1. The van der Waals surface area contributed by atoms with Crippen LogP contribution in [0.4, 0.5) is 0 Å². The van der Waals surface area contributed by atoms with Crippen LogP contribution in [-0.4, -0.2) is 64.3 Å². The number of ketones is 1. The van der Waals surface area contributed by atoms with Gasteiger partial charge in [-0.05, 0) is 0 Å². The molecule has 2 heterocycles. The first-order chi connectivity index (χ1) is 13.7. The third kappa shape index (κ3) is 6.27. The summed E-state index contributed by atoms with van der Waals surface area (Å²) in [5.74, 6) is -0.227. The van der Waals surface area contributed by atoms with Gasteiger partial charge in [-0.25, -0.2) is 0 Å². The van der Waals surface area contributed by atoms with Gasteiger partial charge in [-0.2, -0.15) is 0 Å². The van der Waals surface area contributed by atoms with Crippen LogP contribution >= 0.6 is 0 Å². The summed E-state index contributed by atoms with van der Waals surface area (Å²) in [5, 5.41) is 1.97. The maximum atomic E-state index is 12.3. The molecule has 1 aromatic carbocycles. The molecule has 3 rings (SSSR count). The second-order valence-electron chi connectivity index (χ2n) is 8.31. The van der Waals surface area contributed by atoms with Crippen molar-refractivity contribution in [1.29, 1.82) is 0 Å². The Morgan fingerprint density at radius 1 is 1.07 bits per heavy atom. The summed E-state index contributed by atoms with van der Waals surface area (Å²) in [6.45, 7) is 8.26. The predicted molar refractivity (Wildman–Crippen MR) is 111 cm³/mol. The van der Waals surface area contributed by atoms with E-state index in [2.05, 4.69) is 0 Å². The minimum atomic E-state index is -0.608. The van der Waals surface area contributed by atoms with E-state index < -0.39 is 11.6 Å². The quantitative estimate of drug-likeness (QED) is 0.310. The summed E-state index contributed by atoms with van der Waals surface area (Å²) in [6, 6.07) is 7.31. The third-order valence-corrected chi connectivity index (χ3v) is 7.18. The van der Waals surface area contributed by atoms with E-state index in [9.17, 15) is 4.79 Å². The zero-order valence-electron chi connectivity index (χ0n) is 17.9. The molecule has 0 unspecified atom stereocenters. The van der Waals surface area contributed by atoms with Crippen molar-refractivity contribution >= 4 is 20.7 Å². The van der Waals surface area contributed by atoms with Gasteiger partial charge in [-0.3, -0.25) is 0 Å². The molecule has 0 bridgehead atoms. The molecule has 2 aliphatic heterocycles. The Kier molecular flexibility index (Phi) is 7.41. The predicted octanol–water partition coefficient (Wildman–Crippen LogP) is 3.87. The van der Waals surface area contributed by atoms with Crippen molar-refractivity contribution in [2.45, 2.75) is 81.1 Å². The molecule has 0 saturated carbocycles. The van der Waals surface area contributed by atoms with Crippen LogP contribution in [0, 0.1) is 0 Å². The van der Waals surface area contributed by atoms with E-state index in [0.717, 1.165) is 28.4 Å². The van der Waals surface area contributed by atoms with E-state index in [0.29, 0.717) is 28.0 Å². The standard InChI is InChI=1S/C22H32O6Se/c1-21(2)25-14-19(27-21)20-18(26-22(3,4)28-20)11-13-29-12-10-17(23)15-6-8-16(24-5)9-7-15/h6-9,18-20H,10-14H2,1-5H3/t18-,19-,20+/m1/s1. The SMILES string of the molecule is COc1ccc(C(=O)CC[Se]CC[C@H]2OC(C)(C)O[C@@H]2[C@H]2COC(C)(C)O2)cc1. The zero-order valence-corrected chi connectivity index (χ0v) is 19.6. The molecule has 0 amide bonds. The Balaban J connectivity index is 1.42. The number of rotatable bonds is 9. The fourth-order valence-electron chi connectivity index (χ4n) is 3.67. The summed E-state index contributed by atoms with van der Waals surface area (Å²) >= 11 is 0.384. The van der Waals surface area contributed by atoms with E-state index in [-0.39, 0.29) is 24.1 Å². The molecule has 0 N–H and O–H groups in total. The second kappa shape index (κ2) is 9.46. The third-order valence-electron chi connectivity index (χ3n) is 5.05. The van der Waals surface area contributed by atoms with E-state index in [1.807, 2.05) is 52.0 Å². The maximum absolute atomic E-state index is 12.3. The molecule has 2 aliphatic rings. The van der Waals surface area contributed by atoms with Crippen molar-refractivity contribution in [3.63, 3.8) is 0 Å². The van der Waals surface area contributed by atoms with E-state index in [1.54, 1.807) is 7.11 Å². The average Bonchev–Trinajstić information content (AvgIpc) is 3.19. The van der Waals surface area contributed by atoms with Crippen molar-refractivity contribution in [2.75, 3.05) is 13.7 Å². The van der Waals surface area contributed by atoms with Crippen LogP contribution in [0.25, 0.3) is 0 Å². The monoisotopic (exact) mass is 472 g/mol. The number of benzene rings is 1. The second-order valence-corrected chi connectivity index (χ2v) is 10.9. The molecule has 6 nitrogen and oxygen atoms in total. The minimum absolute atomic E-state index is 0.00772. The van der Waals surface area contributed by atoms with Crippen LogP contribution < -0.4 is 4.74 Å². The molecule has 2 fully saturated rings. The average molecular weight is 471 g/mol. The van der Waals surface area contributed by atoms with Gasteiger partial charge in [0.25, 0.3) is 0 Å². The molecule has 29 heavy (non-hydrogen) atoms. The van der Waals surface area contributed by atoms with E-state index in [1.165, 1.54) is 0 Å². The number of hydrogen-bond donors (Lipinski definition) is 0. The van der Waals surface area contributed by atoms with Crippen LogP contribution in [0.3, 0.4) is 0 Å². The topological polar surface area (TPSA) is 63.2 Å². The van der Waals surface area contributed by atoms with Crippen LogP contribution in [-0.2, 0) is 18.9 Å². The fraction of sp³-hybridized carbons (Fsp3) is 0.682. The summed E-state index contributed by atoms with van der Waals surface area (Å²) in [4.78, 5) is 12.3. The van der Waals surface area contributed by atoms with Gasteiger partial charge in [0.1, 0.15) is 0 Å². The van der Waals surface area contributed by atoms with Crippen molar-refractivity contribution in [1.82, 2.24) is 0 Å². The first kappa shape index (κ1) is 22.7. The Bertz CT molecular complexity index is 687. The zero-order chi connectivity index (χ0) is 21.1. The Hall–Kier alpha value is -0.951. The van der Waals surface area contributed by atoms with Gasteiger partial charge in [0.15, 0.2) is 0 Å². The molecule has 0 aliphatic carbocycles. The summed E-state index contributed by atoms with van der Waals surface area (Å²) in [6.07, 6.45) is 1.25. The number of methoxy groups -OCH3 is 1. The van der Waals surface area contributed by atoms with Gasteiger partial charge in [0, 0.05) is 0 Å². The number of carbonyl (C=O) groups excluding carboxylic acids is 1. The number of Topliss-reactive ketones (excluding diaryl/α,β-unsaturated/α-hetero) is 1. The van der Waals surface area contributed by atoms with E-state index >= 15 is 0 Å². The Morgan fingerprint density at radius 2 is 1.79 bits per heavy atom. The molecule has 162 valence electrons. The normalized spacial score (nSPS) is 27.8. The number of carbonyl (C=O) groups is 1. The number of hydrogen-bond acceptors (Lipinski definition) is 6. The van der Waals surface area contributed by atoms with Crippen molar-refractivity contribution < 1.29 is 28.5 Å². The van der Waals surface area contributed by atoms with Crippen LogP contribution in [0.5, 0.6) is 5.75 Å². The molecule has 1 aromatic rings. The Morgan fingerprint density at radius 3 is 2.41 bits per heavy atom. The van der Waals surface area contributed by atoms with Crippen LogP contribution in [0.2, 0.25) is 10.6 Å². The Labute approximate surface area is 179 Å². The molecule has 2 saturated heterocycles. The first-order valence-electron chi connectivity index (χ1n) is 10.1. The van der Waals surface area contributed by atoms with Crippen molar-refractivity contribution in [2.24, 2.45) is 0 Å².